The first kappa shape index (κ1) is 12.9. The van der Waals surface area contributed by atoms with Crippen LogP contribution in [-0.2, 0) is 9.84 Å². The van der Waals surface area contributed by atoms with Crippen LogP contribution in [0.4, 0.5) is 5.69 Å². The number of piperidine rings is 1. The summed E-state index contributed by atoms with van der Waals surface area (Å²) in [5.41, 5.74) is 0.810. The van der Waals surface area contributed by atoms with Crippen LogP contribution >= 0.6 is 0 Å². The maximum absolute atomic E-state index is 11.9. The molecule has 104 valence electrons. The molecule has 2 unspecified atom stereocenters. The third-order valence-corrected chi connectivity index (χ3v) is 5.40. The van der Waals surface area contributed by atoms with E-state index in [4.69, 9.17) is 0 Å². The predicted molar refractivity (Wildman–Crippen MR) is 74.1 cm³/mol. The van der Waals surface area contributed by atoms with Gasteiger partial charge in [0, 0.05) is 18.3 Å². The molecule has 1 aromatic carbocycles. The normalized spacial score (nSPS) is 30.6. The number of fused-ring (bicyclic) bond motifs is 2. The lowest BCUT2D eigenvalue weighted by atomic mass is 9.99. The maximum atomic E-state index is 11.9. The van der Waals surface area contributed by atoms with Crippen LogP contribution in [0.1, 0.15) is 25.7 Å². The topological polar surface area (TPSA) is 57.6 Å². The Balaban J connectivity index is 2.05. The summed E-state index contributed by atoms with van der Waals surface area (Å²) in [5.74, 6) is 0. The molecule has 2 aliphatic rings. The third kappa shape index (κ3) is 2.25. The highest BCUT2D eigenvalue weighted by atomic mass is 32.2. The molecule has 4 nitrogen and oxygen atoms in total. The van der Waals surface area contributed by atoms with Gasteiger partial charge in [-0.3, -0.25) is 0 Å². The Hall–Kier alpha value is -1.07. The van der Waals surface area contributed by atoms with Gasteiger partial charge in [0.15, 0.2) is 9.84 Å². The number of para-hydroxylation sites is 1. The van der Waals surface area contributed by atoms with Gasteiger partial charge in [0.05, 0.1) is 16.7 Å². The van der Waals surface area contributed by atoms with Crippen LogP contribution in [0.25, 0.3) is 0 Å². The summed E-state index contributed by atoms with van der Waals surface area (Å²) in [6.07, 6.45) is 4.59. The summed E-state index contributed by atoms with van der Waals surface area (Å²) in [6.45, 7) is 0. The first-order chi connectivity index (χ1) is 8.97. The number of sulfone groups is 1. The van der Waals surface area contributed by atoms with Crippen molar-refractivity contribution < 1.29 is 13.5 Å². The molecule has 1 N–H and O–H groups in total. The van der Waals surface area contributed by atoms with E-state index in [9.17, 15) is 13.5 Å². The molecular weight excluding hydrogens is 262 g/mol. The van der Waals surface area contributed by atoms with Gasteiger partial charge in [0.2, 0.25) is 0 Å². The third-order valence-electron chi connectivity index (χ3n) is 4.25. The lowest BCUT2D eigenvalue weighted by molar-refractivity contribution is 0.126. The minimum atomic E-state index is -3.22. The molecule has 0 radical (unpaired) electrons. The molecular formula is C14H19NO3S. The van der Waals surface area contributed by atoms with Crippen LogP contribution in [0.3, 0.4) is 0 Å². The highest BCUT2D eigenvalue weighted by Crippen LogP contribution is 2.41. The fourth-order valence-electron chi connectivity index (χ4n) is 3.53. The summed E-state index contributed by atoms with van der Waals surface area (Å²) in [7, 11) is -3.22. The molecule has 0 aromatic heterocycles. The van der Waals surface area contributed by atoms with E-state index < -0.39 is 9.84 Å². The van der Waals surface area contributed by atoms with Crippen molar-refractivity contribution in [2.24, 2.45) is 0 Å². The molecule has 0 saturated carbocycles. The summed E-state index contributed by atoms with van der Waals surface area (Å²) in [6, 6.07) is 7.76. The second-order valence-electron chi connectivity index (χ2n) is 5.66. The zero-order chi connectivity index (χ0) is 13.6. The van der Waals surface area contributed by atoms with E-state index in [-0.39, 0.29) is 18.2 Å². The molecule has 3 rings (SSSR count). The van der Waals surface area contributed by atoms with Crippen molar-refractivity contribution in [2.75, 3.05) is 11.2 Å². The fraction of sp³-hybridized carbons (Fsp3) is 0.571. The van der Waals surface area contributed by atoms with Crippen LogP contribution in [0.2, 0.25) is 0 Å². The largest absolute Gasteiger partial charge is 0.393 e. The monoisotopic (exact) mass is 281 g/mol. The standard InChI is InChI=1S/C14H19NO3S/c1-19(17,18)14-5-3-2-4-13(14)15-10-6-7-11(15)9-12(16)8-10/h2-5,10-12,16H,6-9H2,1H3. The highest BCUT2D eigenvalue weighted by Gasteiger charge is 2.41. The molecule has 2 fully saturated rings. The van der Waals surface area contributed by atoms with Crippen LogP contribution in [0.15, 0.2) is 29.2 Å². The van der Waals surface area contributed by atoms with Gasteiger partial charge in [-0.05, 0) is 37.8 Å². The molecule has 5 heteroatoms. The van der Waals surface area contributed by atoms with Crippen molar-refractivity contribution >= 4 is 15.5 Å². The van der Waals surface area contributed by atoms with Gasteiger partial charge in [-0.15, -0.1) is 0 Å². The van der Waals surface area contributed by atoms with Gasteiger partial charge in [-0.1, -0.05) is 12.1 Å². The molecule has 2 aliphatic heterocycles. The number of aliphatic hydroxyl groups is 1. The van der Waals surface area contributed by atoms with E-state index in [1.807, 2.05) is 12.1 Å². The van der Waals surface area contributed by atoms with Crippen LogP contribution in [0.5, 0.6) is 0 Å². The Morgan fingerprint density at radius 1 is 1.16 bits per heavy atom. The minimum Gasteiger partial charge on any atom is -0.393 e. The molecule has 0 amide bonds. The van der Waals surface area contributed by atoms with E-state index in [1.54, 1.807) is 12.1 Å². The number of benzene rings is 1. The number of nitrogens with zero attached hydrogens (tertiary/aromatic N) is 1. The van der Waals surface area contributed by atoms with Gasteiger partial charge in [0.25, 0.3) is 0 Å². The number of aliphatic hydroxyl groups excluding tert-OH is 1. The Kier molecular flexibility index (Phi) is 3.06. The zero-order valence-corrected chi connectivity index (χ0v) is 11.8. The van der Waals surface area contributed by atoms with E-state index in [2.05, 4.69) is 4.90 Å². The number of hydrogen-bond donors (Lipinski definition) is 1. The first-order valence-electron chi connectivity index (χ1n) is 6.72. The van der Waals surface area contributed by atoms with E-state index >= 15 is 0 Å². The van der Waals surface area contributed by atoms with Crippen molar-refractivity contribution in [1.82, 2.24) is 0 Å². The van der Waals surface area contributed by atoms with Gasteiger partial charge in [-0.25, -0.2) is 8.42 Å². The quantitative estimate of drug-likeness (QED) is 0.894. The lowest BCUT2D eigenvalue weighted by Crippen LogP contribution is -2.45. The van der Waals surface area contributed by atoms with Crippen LogP contribution in [-0.4, -0.2) is 38.0 Å². The van der Waals surface area contributed by atoms with Crippen molar-refractivity contribution in [3.63, 3.8) is 0 Å². The Labute approximate surface area is 114 Å². The number of anilines is 1. The SMILES string of the molecule is CS(=O)(=O)c1ccccc1N1C2CCC1CC(O)C2. The fourth-order valence-corrected chi connectivity index (χ4v) is 4.40. The van der Waals surface area contributed by atoms with Crippen molar-refractivity contribution in [1.29, 1.82) is 0 Å². The molecule has 2 saturated heterocycles. The first-order valence-corrected chi connectivity index (χ1v) is 8.61. The number of rotatable bonds is 2. The van der Waals surface area contributed by atoms with Crippen LogP contribution < -0.4 is 4.90 Å². The summed E-state index contributed by atoms with van der Waals surface area (Å²) in [5, 5.41) is 9.84. The minimum absolute atomic E-state index is 0.237. The molecule has 0 aliphatic carbocycles. The summed E-state index contributed by atoms with van der Waals surface area (Å²) < 4.78 is 23.8. The van der Waals surface area contributed by atoms with Gasteiger partial charge < -0.3 is 10.0 Å². The molecule has 2 heterocycles. The molecule has 2 bridgehead atoms. The predicted octanol–water partition coefficient (Wildman–Crippen LogP) is 1.58. The van der Waals surface area contributed by atoms with Crippen LogP contribution in [0, 0.1) is 0 Å². The van der Waals surface area contributed by atoms with Crippen molar-refractivity contribution in [3.8, 4) is 0 Å². The second kappa shape index (κ2) is 4.49. The average Bonchev–Trinajstić information content (AvgIpc) is 2.60. The van der Waals surface area contributed by atoms with Gasteiger partial charge >= 0.3 is 0 Å². The Bertz CT molecular complexity index is 570. The maximum Gasteiger partial charge on any atom is 0.177 e. The summed E-state index contributed by atoms with van der Waals surface area (Å²) in [4.78, 5) is 2.63. The van der Waals surface area contributed by atoms with Gasteiger partial charge in [-0.2, -0.15) is 0 Å². The van der Waals surface area contributed by atoms with Crippen molar-refractivity contribution in [2.45, 2.75) is 48.8 Å². The summed E-state index contributed by atoms with van der Waals surface area (Å²) >= 11 is 0. The van der Waals surface area contributed by atoms with Crippen molar-refractivity contribution in [3.05, 3.63) is 24.3 Å². The lowest BCUT2D eigenvalue weighted by Gasteiger charge is -2.39. The second-order valence-corrected chi connectivity index (χ2v) is 7.64. The Morgan fingerprint density at radius 3 is 2.32 bits per heavy atom. The van der Waals surface area contributed by atoms with E-state index in [0.717, 1.165) is 31.4 Å². The average molecular weight is 281 g/mol. The number of hydrogen-bond acceptors (Lipinski definition) is 4. The van der Waals surface area contributed by atoms with E-state index in [0.29, 0.717) is 4.90 Å². The molecule has 0 spiro atoms. The Morgan fingerprint density at radius 2 is 1.74 bits per heavy atom. The molecule has 1 aromatic rings. The van der Waals surface area contributed by atoms with E-state index in [1.165, 1.54) is 6.26 Å². The van der Waals surface area contributed by atoms with Gasteiger partial charge in [0.1, 0.15) is 0 Å². The smallest absolute Gasteiger partial charge is 0.177 e. The molecule has 19 heavy (non-hydrogen) atoms. The zero-order valence-electron chi connectivity index (χ0n) is 11.0. The molecule has 2 atom stereocenters. The highest BCUT2D eigenvalue weighted by molar-refractivity contribution is 7.90.